The van der Waals surface area contributed by atoms with Crippen molar-refractivity contribution in [3.05, 3.63) is 12.2 Å². The van der Waals surface area contributed by atoms with Gasteiger partial charge in [0.05, 0.1) is 18.8 Å². The van der Waals surface area contributed by atoms with Crippen LogP contribution in [0.4, 0.5) is 4.79 Å². The molecular formula is C18H29NO6. The van der Waals surface area contributed by atoms with Gasteiger partial charge in [0, 0.05) is 12.2 Å². The molecule has 0 bridgehead atoms. The van der Waals surface area contributed by atoms with Gasteiger partial charge in [-0.2, -0.15) is 0 Å². The van der Waals surface area contributed by atoms with E-state index in [0.29, 0.717) is 12.5 Å². The van der Waals surface area contributed by atoms with Crippen LogP contribution < -0.4 is 5.32 Å². The molecular weight excluding hydrogens is 326 g/mol. The fourth-order valence-corrected chi connectivity index (χ4v) is 2.49. The first kappa shape index (κ1) is 21.0. The van der Waals surface area contributed by atoms with Crippen LogP contribution in [0.3, 0.4) is 0 Å². The molecule has 0 aromatic rings. The fourth-order valence-electron chi connectivity index (χ4n) is 2.49. The van der Waals surface area contributed by atoms with Crippen LogP contribution in [-0.2, 0) is 23.8 Å². The number of amides is 1. The van der Waals surface area contributed by atoms with Crippen LogP contribution in [0.25, 0.3) is 0 Å². The molecule has 1 atom stereocenters. The first-order chi connectivity index (χ1) is 11.9. The third-order valence-electron chi connectivity index (χ3n) is 3.72. The number of esters is 2. The Morgan fingerprint density at radius 3 is 2.28 bits per heavy atom. The summed E-state index contributed by atoms with van der Waals surface area (Å²) in [6, 6.07) is -0.390. The zero-order valence-corrected chi connectivity index (χ0v) is 15.3. The highest BCUT2D eigenvalue weighted by Gasteiger charge is 2.16. The van der Waals surface area contributed by atoms with E-state index in [1.807, 2.05) is 0 Å². The van der Waals surface area contributed by atoms with E-state index in [0.717, 1.165) is 25.0 Å². The monoisotopic (exact) mass is 355 g/mol. The van der Waals surface area contributed by atoms with E-state index in [9.17, 15) is 14.4 Å². The summed E-state index contributed by atoms with van der Waals surface area (Å²) in [7, 11) is 0. The standard InChI is InChI=1S/C18H29NO6/c1-13(2)25-17(21)10-9-16(20)23-11-14(3)19-18(22)24-12-15-7-5-4-6-8-15/h9-10,13-15H,4-8,11-12H2,1-3H3,(H,19,22)/b10-9+/t14-/m1/s1. The fraction of sp³-hybridized carbons (Fsp3) is 0.722. The molecule has 25 heavy (non-hydrogen) atoms. The predicted molar refractivity (Wildman–Crippen MR) is 91.8 cm³/mol. The summed E-state index contributed by atoms with van der Waals surface area (Å²) in [5.74, 6) is -0.835. The zero-order chi connectivity index (χ0) is 18.7. The molecule has 0 aromatic carbocycles. The summed E-state index contributed by atoms with van der Waals surface area (Å²) in [6.07, 6.45) is 7.10. The van der Waals surface area contributed by atoms with Crippen molar-refractivity contribution in [3.8, 4) is 0 Å². The first-order valence-electron chi connectivity index (χ1n) is 8.85. The maximum absolute atomic E-state index is 11.7. The van der Waals surface area contributed by atoms with Gasteiger partial charge < -0.3 is 19.5 Å². The Bertz CT molecular complexity index is 468. The maximum Gasteiger partial charge on any atom is 0.407 e. The van der Waals surface area contributed by atoms with Crippen LogP contribution in [-0.4, -0.2) is 43.4 Å². The lowest BCUT2D eigenvalue weighted by atomic mass is 9.90. The molecule has 0 aliphatic heterocycles. The summed E-state index contributed by atoms with van der Waals surface area (Å²) in [6.45, 7) is 5.54. The molecule has 0 spiro atoms. The number of rotatable bonds is 8. The quantitative estimate of drug-likeness (QED) is 0.409. The van der Waals surface area contributed by atoms with Crippen molar-refractivity contribution >= 4 is 18.0 Å². The molecule has 1 rings (SSSR count). The maximum atomic E-state index is 11.7. The van der Waals surface area contributed by atoms with E-state index in [1.165, 1.54) is 19.3 Å². The normalized spacial score (nSPS) is 16.5. The summed E-state index contributed by atoms with van der Waals surface area (Å²) in [4.78, 5) is 34.5. The second-order valence-corrected chi connectivity index (χ2v) is 6.60. The van der Waals surface area contributed by atoms with Crippen molar-refractivity contribution in [2.45, 2.75) is 65.0 Å². The van der Waals surface area contributed by atoms with Gasteiger partial charge in [0.25, 0.3) is 0 Å². The minimum Gasteiger partial charge on any atom is -0.460 e. The van der Waals surface area contributed by atoms with Crippen LogP contribution in [0.15, 0.2) is 12.2 Å². The smallest absolute Gasteiger partial charge is 0.407 e. The topological polar surface area (TPSA) is 90.9 Å². The lowest BCUT2D eigenvalue weighted by Crippen LogP contribution is -2.37. The number of hydrogen-bond donors (Lipinski definition) is 1. The largest absolute Gasteiger partial charge is 0.460 e. The van der Waals surface area contributed by atoms with Crippen molar-refractivity contribution < 1.29 is 28.6 Å². The van der Waals surface area contributed by atoms with Gasteiger partial charge in [0.1, 0.15) is 6.61 Å². The van der Waals surface area contributed by atoms with Gasteiger partial charge in [-0.15, -0.1) is 0 Å². The SMILES string of the molecule is CC(C)OC(=O)/C=C/C(=O)OC[C@@H](C)NC(=O)OCC1CCCCC1. The average molecular weight is 355 g/mol. The van der Waals surface area contributed by atoms with Crippen LogP contribution in [0.1, 0.15) is 52.9 Å². The Hall–Kier alpha value is -2.05. The molecule has 142 valence electrons. The van der Waals surface area contributed by atoms with E-state index in [4.69, 9.17) is 14.2 Å². The highest BCUT2D eigenvalue weighted by Crippen LogP contribution is 2.23. The van der Waals surface area contributed by atoms with Gasteiger partial charge in [-0.1, -0.05) is 19.3 Å². The van der Waals surface area contributed by atoms with E-state index >= 15 is 0 Å². The van der Waals surface area contributed by atoms with E-state index in [1.54, 1.807) is 20.8 Å². The minimum atomic E-state index is -0.676. The summed E-state index contributed by atoms with van der Waals surface area (Å²) in [5, 5.41) is 2.61. The van der Waals surface area contributed by atoms with Gasteiger partial charge in [0.15, 0.2) is 0 Å². The Morgan fingerprint density at radius 1 is 1.00 bits per heavy atom. The molecule has 1 N–H and O–H groups in total. The second-order valence-electron chi connectivity index (χ2n) is 6.60. The molecule has 7 heteroatoms. The Morgan fingerprint density at radius 2 is 1.64 bits per heavy atom. The molecule has 1 aliphatic carbocycles. The summed E-state index contributed by atoms with van der Waals surface area (Å²) in [5.41, 5.74) is 0. The number of carbonyl (C=O) groups excluding carboxylic acids is 3. The summed E-state index contributed by atoms with van der Waals surface area (Å²) < 4.78 is 15.0. The molecule has 0 unspecified atom stereocenters. The molecule has 1 saturated carbocycles. The molecule has 0 saturated heterocycles. The second kappa shape index (κ2) is 11.5. The lowest BCUT2D eigenvalue weighted by molar-refractivity contribution is -0.143. The molecule has 7 nitrogen and oxygen atoms in total. The van der Waals surface area contributed by atoms with E-state index in [2.05, 4.69) is 5.32 Å². The van der Waals surface area contributed by atoms with Crippen molar-refractivity contribution in [1.29, 1.82) is 0 Å². The highest BCUT2D eigenvalue weighted by atomic mass is 16.6. The Balaban J connectivity index is 2.16. The van der Waals surface area contributed by atoms with Gasteiger partial charge in [-0.05, 0) is 39.5 Å². The van der Waals surface area contributed by atoms with Crippen molar-refractivity contribution in [1.82, 2.24) is 5.32 Å². The number of hydrogen-bond acceptors (Lipinski definition) is 6. The molecule has 1 fully saturated rings. The third-order valence-corrected chi connectivity index (χ3v) is 3.72. The number of alkyl carbamates (subject to hydrolysis) is 1. The number of carbonyl (C=O) groups is 3. The van der Waals surface area contributed by atoms with Gasteiger partial charge >= 0.3 is 18.0 Å². The van der Waals surface area contributed by atoms with E-state index < -0.39 is 18.0 Å². The minimum absolute atomic E-state index is 0.0130. The molecule has 0 radical (unpaired) electrons. The first-order valence-corrected chi connectivity index (χ1v) is 8.85. The molecule has 0 heterocycles. The molecule has 1 aliphatic rings. The summed E-state index contributed by atoms with van der Waals surface area (Å²) >= 11 is 0. The average Bonchev–Trinajstić information content (AvgIpc) is 2.56. The highest BCUT2D eigenvalue weighted by molar-refractivity contribution is 5.91. The lowest BCUT2D eigenvalue weighted by Gasteiger charge is -2.21. The van der Waals surface area contributed by atoms with Crippen LogP contribution in [0.5, 0.6) is 0 Å². The van der Waals surface area contributed by atoms with Gasteiger partial charge in [-0.3, -0.25) is 0 Å². The van der Waals surface area contributed by atoms with Crippen molar-refractivity contribution in [2.75, 3.05) is 13.2 Å². The Kier molecular flexibility index (Phi) is 9.65. The molecule has 0 aromatic heterocycles. The van der Waals surface area contributed by atoms with Crippen molar-refractivity contribution in [2.24, 2.45) is 5.92 Å². The third kappa shape index (κ3) is 10.4. The molecule has 1 amide bonds. The van der Waals surface area contributed by atoms with Gasteiger partial charge in [-0.25, -0.2) is 14.4 Å². The van der Waals surface area contributed by atoms with Crippen LogP contribution in [0.2, 0.25) is 0 Å². The number of ether oxygens (including phenoxy) is 3. The van der Waals surface area contributed by atoms with E-state index in [-0.39, 0.29) is 18.8 Å². The van der Waals surface area contributed by atoms with Crippen molar-refractivity contribution in [3.63, 3.8) is 0 Å². The van der Waals surface area contributed by atoms with Crippen LogP contribution in [0, 0.1) is 5.92 Å². The Labute approximate surface area is 149 Å². The number of nitrogens with one attached hydrogen (secondary N) is 1. The zero-order valence-electron chi connectivity index (χ0n) is 15.3. The predicted octanol–water partition coefficient (Wildman–Crippen LogP) is 2.73. The van der Waals surface area contributed by atoms with Gasteiger partial charge in [0.2, 0.25) is 0 Å². The van der Waals surface area contributed by atoms with Crippen LogP contribution >= 0.6 is 0 Å².